The number of likely N-dealkylation sites (tertiary alicyclic amines) is 1. The molecule has 1 saturated heterocycles. The second-order valence-corrected chi connectivity index (χ2v) is 8.66. The van der Waals surface area contributed by atoms with Crippen LogP contribution in [-0.2, 0) is 13.1 Å². The number of guanidine groups is 1. The third-order valence-electron chi connectivity index (χ3n) is 5.83. The highest BCUT2D eigenvalue weighted by Crippen LogP contribution is 2.26. The van der Waals surface area contributed by atoms with Crippen molar-refractivity contribution in [3.63, 3.8) is 0 Å². The van der Waals surface area contributed by atoms with E-state index in [9.17, 15) is 0 Å². The summed E-state index contributed by atoms with van der Waals surface area (Å²) in [5.74, 6) is 1.76. The summed E-state index contributed by atoms with van der Waals surface area (Å²) in [6, 6.07) is 17.5. The SMILES string of the molecule is CCNC(=NCc1ccc(CN(C)C)cc1)NCC(c1ccc(OC)cc1)N1CCCC1.I. The number of rotatable bonds is 10. The third kappa shape index (κ3) is 8.79. The number of aliphatic imine (C=N–C) groups is 1. The van der Waals surface area contributed by atoms with Crippen LogP contribution in [0.2, 0.25) is 0 Å². The Morgan fingerprint density at radius 2 is 1.64 bits per heavy atom. The van der Waals surface area contributed by atoms with Gasteiger partial charge in [0.05, 0.1) is 19.7 Å². The molecule has 0 radical (unpaired) electrons. The molecule has 1 atom stereocenters. The highest BCUT2D eigenvalue weighted by molar-refractivity contribution is 14.0. The molecule has 1 heterocycles. The Morgan fingerprint density at radius 3 is 2.21 bits per heavy atom. The number of hydrogen-bond acceptors (Lipinski definition) is 4. The van der Waals surface area contributed by atoms with Gasteiger partial charge in [0.25, 0.3) is 0 Å². The van der Waals surface area contributed by atoms with Crippen molar-refractivity contribution in [2.75, 3.05) is 47.4 Å². The summed E-state index contributed by atoms with van der Waals surface area (Å²) in [6.45, 7) is 7.67. The maximum absolute atomic E-state index is 5.34. The number of ether oxygens (including phenoxy) is 1. The predicted octanol–water partition coefficient (Wildman–Crippen LogP) is 4.27. The standard InChI is InChI=1S/C26H39N5O.HI/c1-5-27-26(28-18-21-8-10-22(11-9-21)20-30(2)3)29-19-25(31-16-6-7-17-31)23-12-14-24(32-4)15-13-23;/h8-15,25H,5-7,16-20H2,1-4H3,(H2,27,28,29);1H. The Morgan fingerprint density at radius 1 is 1.00 bits per heavy atom. The van der Waals surface area contributed by atoms with Gasteiger partial charge in [-0.3, -0.25) is 4.90 Å². The first-order chi connectivity index (χ1) is 15.6. The first kappa shape index (κ1) is 27.4. The topological polar surface area (TPSA) is 52.1 Å². The van der Waals surface area contributed by atoms with Crippen LogP contribution in [0.25, 0.3) is 0 Å². The Kier molecular flexibility index (Phi) is 12.0. The molecule has 7 heteroatoms. The fourth-order valence-electron chi connectivity index (χ4n) is 4.16. The van der Waals surface area contributed by atoms with Gasteiger partial charge < -0.3 is 20.3 Å². The number of nitrogens with zero attached hydrogens (tertiary/aromatic N) is 3. The van der Waals surface area contributed by atoms with Crippen molar-refractivity contribution in [3.05, 3.63) is 65.2 Å². The molecule has 1 fully saturated rings. The predicted molar refractivity (Wildman–Crippen MR) is 149 cm³/mol. The van der Waals surface area contributed by atoms with Crippen LogP contribution < -0.4 is 15.4 Å². The monoisotopic (exact) mass is 565 g/mol. The Balaban J connectivity index is 0.00000385. The summed E-state index contributed by atoms with van der Waals surface area (Å²) in [7, 11) is 5.89. The van der Waals surface area contributed by atoms with E-state index < -0.39 is 0 Å². The van der Waals surface area contributed by atoms with Crippen LogP contribution in [0.5, 0.6) is 5.75 Å². The van der Waals surface area contributed by atoms with E-state index in [0.717, 1.165) is 44.4 Å². The number of nitrogens with one attached hydrogen (secondary N) is 2. The summed E-state index contributed by atoms with van der Waals surface area (Å²) in [5, 5.41) is 6.99. The van der Waals surface area contributed by atoms with Gasteiger partial charge in [-0.05, 0) is 75.8 Å². The summed E-state index contributed by atoms with van der Waals surface area (Å²) >= 11 is 0. The van der Waals surface area contributed by atoms with Crippen LogP contribution in [0.1, 0.15) is 42.5 Å². The second-order valence-electron chi connectivity index (χ2n) is 8.66. The van der Waals surface area contributed by atoms with Gasteiger partial charge in [-0.15, -0.1) is 24.0 Å². The zero-order valence-corrected chi connectivity index (χ0v) is 22.8. The van der Waals surface area contributed by atoms with Crippen LogP contribution in [0, 0.1) is 0 Å². The van der Waals surface area contributed by atoms with E-state index in [1.54, 1.807) is 7.11 Å². The second kappa shape index (κ2) is 14.4. The number of methoxy groups -OCH3 is 1. The van der Waals surface area contributed by atoms with E-state index in [1.807, 2.05) is 0 Å². The lowest BCUT2D eigenvalue weighted by Gasteiger charge is -2.29. The molecule has 0 bridgehead atoms. The lowest BCUT2D eigenvalue weighted by atomic mass is 10.1. The Hall–Kier alpha value is -1.84. The summed E-state index contributed by atoms with van der Waals surface area (Å²) in [5.41, 5.74) is 3.85. The van der Waals surface area contributed by atoms with Gasteiger partial charge in [-0.2, -0.15) is 0 Å². The smallest absolute Gasteiger partial charge is 0.191 e. The molecule has 0 saturated carbocycles. The first-order valence-corrected chi connectivity index (χ1v) is 11.7. The van der Waals surface area contributed by atoms with E-state index in [4.69, 9.17) is 9.73 Å². The minimum Gasteiger partial charge on any atom is -0.497 e. The molecule has 2 aromatic rings. The molecule has 1 aliphatic heterocycles. The molecule has 182 valence electrons. The molecular weight excluding hydrogens is 525 g/mol. The first-order valence-electron chi connectivity index (χ1n) is 11.7. The van der Waals surface area contributed by atoms with Crippen molar-refractivity contribution >= 4 is 29.9 Å². The number of hydrogen-bond donors (Lipinski definition) is 2. The number of benzene rings is 2. The summed E-state index contributed by atoms with van der Waals surface area (Å²) in [6.07, 6.45) is 2.54. The molecular formula is C26H40IN5O. The van der Waals surface area contributed by atoms with E-state index >= 15 is 0 Å². The van der Waals surface area contributed by atoms with E-state index in [1.165, 1.54) is 29.5 Å². The van der Waals surface area contributed by atoms with E-state index in [2.05, 4.69) is 90.0 Å². The average molecular weight is 566 g/mol. The third-order valence-corrected chi connectivity index (χ3v) is 5.83. The largest absolute Gasteiger partial charge is 0.497 e. The van der Waals surface area contributed by atoms with Crippen molar-refractivity contribution in [1.29, 1.82) is 0 Å². The van der Waals surface area contributed by atoms with Gasteiger partial charge in [0.15, 0.2) is 5.96 Å². The van der Waals surface area contributed by atoms with Crippen molar-refractivity contribution in [1.82, 2.24) is 20.4 Å². The molecule has 1 unspecified atom stereocenters. The molecule has 2 N–H and O–H groups in total. The normalized spacial score (nSPS) is 15.2. The lowest BCUT2D eigenvalue weighted by molar-refractivity contribution is 0.245. The minimum atomic E-state index is 0. The summed E-state index contributed by atoms with van der Waals surface area (Å²) < 4.78 is 5.34. The molecule has 0 amide bonds. The Labute approximate surface area is 216 Å². The fourth-order valence-corrected chi connectivity index (χ4v) is 4.16. The Bertz CT molecular complexity index is 833. The highest BCUT2D eigenvalue weighted by Gasteiger charge is 2.23. The molecule has 1 aliphatic rings. The van der Waals surface area contributed by atoms with Gasteiger partial charge in [0.2, 0.25) is 0 Å². The van der Waals surface area contributed by atoms with Crippen LogP contribution in [0.15, 0.2) is 53.5 Å². The molecule has 33 heavy (non-hydrogen) atoms. The average Bonchev–Trinajstić information content (AvgIpc) is 3.33. The zero-order valence-electron chi connectivity index (χ0n) is 20.5. The van der Waals surface area contributed by atoms with Gasteiger partial charge in [0.1, 0.15) is 5.75 Å². The molecule has 2 aromatic carbocycles. The van der Waals surface area contributed by atoms with Crippen molar-refractivity contribution in [3.8, 4) is 5.75 Å². The molecule has 0 aliphatic carbocycles. The van der Waals surface area contributed by atoms with E-state index in [-0.39, 0.29) is 24.0 Å². The van der Waals surface area contributed by atoms with Gasteiger partial charge in [0, 0.05) is 19.6 Å². The molecule has 0 spiro atoms. The summed E-state index contributed by atoms with van der Waals surface area (Å²) in [4.78, 5) is 9.59. The quantitative estimate of drug-likeness (QED) is 0.256. The van der Waals surface area contributed by atoms with E-state index in [0.29, 0.717) is 12.6 Å². The van der Waals surface area contributed by atoms with Crippen LogP contribution in [0.4, 0.5) is 0 Å². The van der Waals surface area contributed by atoms with Crippen molar-refractivity contribution < 1.29 is 4.74 Å². The van der Waals surface area contributed by atoms with Gasteiger partial charge in [-0.25, -0.2) is 4.99 Å². The van der Waals surface area contributed by atoms with Crippen LogP contribution >= 0.6 is 24.0 Å². The highest BCUT2D eigenvalue weighted by atomic mass is 127. The molecule has 3 rings (SSSR count). The fraction of sp³-hybridized carbons (Fsp3) is 0.500. The molecule has 6 nitrogen and oxygen atoms in total. The number of halogens is 1. The van der Waals surface area contributed by atoms with Gasteiger partial charge >= 0.3 is 0 Å². The van der Waals surface area contributed by atoms with Crippen molar-refractivity contribution in [2.24, 2.45) is 4.99 Å². The van der Waals surface area contributed by atoms with Crippen molar-refractivity contribution in [2.45, 2.75) is 38.9 Å². The lowest BCUT2D eigenvalue weighted by Crippen LogP contribution is -2.42. The maximum Gasteiger partial charge on any atom is 0.191 e. The molecule has 0 aromatic heterocycles. The van der Waals surface area contributed by atoms with Crippen LogP contribution in [-0.4, -0.2) is 63.1 Å². The minimum absolute atomic E-state index is 0. The van der Waals surface area contributed by atoms with Crippen LogP contribution in [0.3, 0.4) is 0 Å². The van der Waals surface area contributed by atoms with Gasteiger partial charge in [-0.1, -0.05) is 36.4 Å². The zero-order chi connectivity index (χ0) is 22.8. The maximum atomic E-state index is 5.34.